The van der Waals surface area contributed by atoms with Gasteiger partial charge >= 0.3 is 5.97 Å². The third-order valence-corrected chi connectivity index (χ3v) is 3.57. The summed E-state index contributed by atoms with van der Waals surface area (Å²) < 4.78 is 4.90. The van der Waals surface area contributed by atoms with Crippen LogP contribution in [-0.2, 0) is 9.53 Å². The van der Waals surface area contributed by atoms with Gasteiger partial charge in [-0.3, -0.25) is 4.79 Å². The summed E-state index contributed by atoms with van der Waals surface area (Å²) in [5.74, 6) is -1.14. The van der Waals surface area contributed by atoms with Crippen molar-refractivity contribution in [1.82, 2.24) is 0 Å². The van der Waals surface area contributed by atoms with Crippen molar-refractivity contribution in [1.29, 1.82) is 0 Å². The molecule has 4 nitrogen and oxygen atoms in total. The van der Waals surface area contributed by atoms with E-state index in [4.69, 9.17) is 39.5 Å². The largest absolute Gasteiger partial charge is 0.452 e. The summed E-state index contributed by atoms with van der Waals surface area (Å²) in [7, 11) is 0. The Kier molecular flexibility index (Phi) is 5.66. The third-order valence-electron chi connectivity index (χ3n) is 2.60. The highest BCUT2D eigenvalue weighted by molar-refractivity contribution is 6.42. The van der Waals surface area contributed by atoms with E-state index in [1.165, 1.54) is 18.2 Å². The summed E-state index contributed by atoms with van der Waals surface area (Å²) in [6.07, 6.45) is 0. The Bertz CT molecular complexity index is 719. The molecule has 0 atom stereocenters. The highest BCUT2D eigenvalue weighted by atomic mass is 35.5. The van der Waals surface area contributed by atoms with Crippen molar-refractivity contribution in [2.24, 2.45) is 0 Å². The number of nitrogens with one attached hydrogen (secondary N) is 1. The zero-order valence-corrected chi connectivity index (χ0v) is 13.4. The van der Waals surface area contributed by atoms with Crippen molar-refractivity contribution in [3.05, 3.63) is 63.1 Å². The number of carbonyl (C=O) groups is 2. The Hall–Kier alpha value is -1.75. The van der Waals surface area contributed by atoms with Crippen LogP contribution < -0.4 is 5.32 Å². The maximum absolute atomic E-state index is 11.8. The second kappa shape index (κ2) is 7.49. The van der Waals surface area contributed by atoms with Gasteiger partial charge in [0.15, 0.2) is 6.61 Å². The third kappa shape index (κ3) is 4.63. The maximum atomic E-state index is 11.8. The van der Waals surface area contributed by atoms with Gasteiger partial charge in [-0.1, -0.05) is 40.9 Å². The molecule has 22 heavy (non-hydrogen) atoms. The first-order chi connectivity index (χ1) is 10.5. The predicted octanol–water partition coefficient (Wildman–Crippen LogP) is 4.44. The van der Waals surface area contributed by atoms with E-state index in [1.807, 2.05) is 0 Å². The minimum absolute atomic E-state index is 0.213. The van der Waals surface area contributed by atoms with Gasteiger partial charge in [0, 0.05) is 10.7 Å². The molecule has 0 aliphatic carbocycles. The first kappa shape index (κ1) is 16.6. The minimum atomic E-state index is -0.667. The number of anilines is 1. The van der Waals surface area contributed by atoms with E-state index in [-0.39, 0.29) is 10.6 Å². The average Bonchev–Trinajstić information content (AvgIpc) is 2.47. The van der Waals surface area contributed by atoms with Gasteiger partial charge < -0.3 is 10.1 Å². The molecule has 114 valence electrons. The number of benzene rings is 2. The molecule has 0 fully saturated rings. The first-order valence-corrected chi connectivity index (χ1v) is 7.26. The number of hydrogen-bond acceptors (Lipinski definition) is 3. The fraction of sp³-hybridized carbons (Fsp3) is 0.0667. The quantitative estimate of drug-likeness (QED) is 0.822. The highest BCUT2D eigenvalue weighted by Crippen LogP contribution is 2.23. The standard InChI is InChI=1S/C15H10Cl3NO3/c16-10-2-1-3-11(7-10)19-14(20)8-22-15(21)9-4-5-12(17)13(18)6-9/h1-7H,8H2,(H,19,20). The molecule has 0 aliphatic rings. The number of halogens is 3. The van der Waals surface area contributed by atoms with E-state index in [0.717, 1.165) is 0 Å². The topological polar surface area (TPSA) is 55.4 Å². The van der Waals surface area contributed by atoms with Crippen LogP contribution in [0.15, 0.2) is 42.5 Å². The molecule has 0 saturated carbocycles. The van der Waals surface area contributed by atoms with Gasteiger partial charge in [-0.2, -0.15) is 0 Å². The van der Waals surface area contributed by atoms with Gasteiger partial charge in [0.2, 0.25) is 0 Å². The molecule has 2 aromatic carbocycles. The van der Waals surface area contributed by atoms with Gasteiger partial charge in [-0.05, 0) is 36.4 Å². The molecule has 1 N–H and O–H groups in total. The number of ether oxygens (including phenoxy) is 1. The zero-order valence-electron chi connectivity index (χ0n) is 11.1. The molecular formula is C15H10Cl3NO3. The Morgan fingerprint density at radius 2 is 1.77 bits per heavy atom. The van der Waals surface area contributed by atoms with E-state index in [9.17, 15) is 9.59 Å². The van der Waals surface area contributed by atoms with Crippen LogP contribution in [0.3, 0.4) is 0 Å². The predicted molar refractivity (Wildman–Crippen MR) is 86.8 cm³/mol. The summed E-state index contributed by atoms with van der Waals surface area (Å²) in [6, 6.07) is 10.9. The molecular weight excluding hydrogens is 349 g/mol. The highest BCUT2D eigenvalue weighted by Gasteiger charge is 2.12. The van der Waals surface area contributed by atoms with Crippen molar-refractivity contribution in [3.63, 3.8) is 0 Å². The van der Waals surface area contributed by atoms with E-state index in [2.05, 4.69) is 5.32 Å². The lowest BCUT2D eigenvalue weighted by atomic mass is 10.2. The first-order valence-electron chi connectivity index (χ1n) is 6.13. The molecule has 2 rings (SSSR count). The van der Waals surface area contributed by atoms with Gasteiger partial charge in [0.05, 0.1) is 15.6 Å². The normalized spacial score (nSPS) is 10.1. The molecule has 0 bridgehead atoms. The number of carbonyl (C=O) groups excluding carboxylic acids is 2. The van der Waals surface area contributed by atoms with Crippen LogP contribution in [0.25, 0.3) is 0 Å². The lowest BCUT2D eigenvalue weighted by Gasteiger charge is -2.07. The van der Waals surface area contributed by atoms with Crippen LogP contribution in [0.1, 0.15) is 10.4 Å². The van der Waals surface area contributed by atoms with Crippen LogP contribution in [0.2, 0.25) is 15.1 Å². The Balaban J connectivity index is 1.90. The monoisotopic (exact) mass is 357 g/mol. The molecule has 7 heteroatoms. The average molecular weight is 359 g/mol. The van der Waals surface area contributed by atoms with Crippen LogP contribution in [0.5, 0.6) is 0 Å². The van der Waals surface area contributed by atoms with Crippen molar-refractivity contribution in [2.75, 3.05) is 11.9 Å². The van der Waals surface area contributed by atoms with Crippen LogP contribution >= 0.6 is 34.8 Å². The van der Waals surface area contributed by atoms with Crippen molar-refractivity contribution >= 4 is 52.4 Å². The lowest BCUT2D eigenvalue weighted by molar-refractivity contribution is -0.119. The van der Waals surface area contributed by atoms with Gasteiger partial charge in [-0.15, -0.1) is 0 Å². The van der Waals surface area contributed by atoms with E-state index < -0.39 is 18.5 Å². The molecule has 0 unspecified atom stereocenters. The van der Waals surface area contributed by atoms with Crippen molar-refractivity contribution < 1.29 is 14.3 Å². The molecule has 0 heterocycles. The molecule has 1 amide bonds. The maximum Gasteiger partial charge on any atom is 0.338 e. The number of esters is 1. The van der Waals surface area contributed by atoms with Crippen LogP contribution in [-0.4, -0.2) is 18.5 Å². The number of amides is 1. The lowest BCUT2D eigenvalue weighted by Crippen LogP contribution is -2.20. The fourth-order valence-electron chi connectivity index (χ4n) is 1.60. The Labute approximate surface area is 141 Å². The molecule has 2 aromatic rings. The molecule has 0 aromatic heterocycles. The Morgan fingerprint density at radius 3 is 2.45 bits per heavy atom. The summed E-state index contributed by atoms with van der Waals surface area (Å²) in [5.41, 5.74) is 0.730. The van der Waals surface area contributed by atoms with Crippen molar-refractivity contribution in [2.45, 2.75) is 0 Å². The molecule has 0 spiro atoms. The van der Waals surface area contributed by atoms with Gasteiger partial charge in [-0.25, -0.2) is 4.79 Å². The van der Waals surface area contributed by atoms with E-state index >= 15 is 0 Å². The summed E-state index contributed by atoms with van der Waals surface area (Å²) in [5, 5.41) is 3.62. The van der Waals surface area contributed by atoms with Gasteiger partial charge in [0.25, 0.3) is 5.91 Å². The zero-order chi connectivity index (χ0) is 16.1. The molecule has 0 saturated heterocycles. The fourth-order valence-corrected chi connectivity index (χ4v) is 2.09. The Morgan fingerprint density at radius 1 is 1.00 bits per heavy atom. The smallest absolute Gasteiger partial charge is 0.338 e. The second-order valence-corrected chi connectivity index (χ2v) is 5.51. The van der Waals surface area contributed by atoms with E-state index in [1.54, 1.807) is 24.3 Å². The summed E-state index contributed by atoms with van der Waals surface area (Å²) in [6.45, 7) is -0.425. The van der Waals surface area contributed by atoms with Crippen LogP contribution in [0.4, 0.5) is 5.69 Å². The SMILES string of the molecule is O=C(COC(=O)c1ccc(Cl)c(Cl)c1)Nc1cccc(Cl)c1. The summed E-state index contributed by atoms with van der Waals surface area (Å²) >= 11 is 17.4. The number of rotatable bonds is 4. The molecule has 0 aliphatic heterocycles. The van der Waals surface area contributed by atoms with E-state index in [0.29, 0.717) is 15.7 Å². The van der Waals surface area contributed by atoms with Crippen molar-refractivity contribution in [3.8, 4) is 0 Å². The number of hydrogen-bond donors (Lipinski definition) is 1. The van der Waals surface area contributed by atoms with Gasteiger partial charge in [0.1, 0.15) is 0 Å². The minimum Gasteiger partial charge on any atom is -0.452 e. The second-order valence-electron chi connectivity index (χ2n) is 4.26. The molecule has 0 radical (unpaired) electrons. The summed E-state index contributed by atoms with van der Waals surface area (Å²) in [4.78, 5) is 23.5. The van der Waals surface area contributed by atoms with Crippen LogP contribution in [0, 0.1) is 0 Å².